The number of thioether (sulfide) groups is 1. The monoisotopic (exact) mass is 590 g/mol. The van der Waals surface area contributed by atoms with E-state index in [-0.39, 0.29) is 42.1 Å². The second kappa shape index (κ2) is 15.7. The zero-order valence-corrected chi connectivity index (χ0v) is 22.7. The fourth-order valence-corrected chi connectivity index (χ4v) is 3.61. The van der Waals surface area contributed by atoms with Crippen LogP contribution in [-0.4, -0.2) is 83.2 Å². The smallest absolute Gasteiger partial charge is 0.326 e. The van der Waals surface area contributed by atoms with E-state index in [1.165, 1.54) is 18.3 Å². The molecular formula is C24H30N8O8S. The summed E-state index contributed by atoms with van der Waals surface area (Å²) in [6, 6.07) is 4.18. The van der Waals surface area contributed by atoms with E-state index in [0.717, 1.165) is 5.75 Å². The van der Waals surface area contributed by atoms with Crippen LogP contribution in [0.4, 0.5) is 11.6 Å². The number of carbonyl (C=O) groups is 4. The Morgan fingerprint density at radius 2 is 1.73 bits per heavy atom. The molecule has 0 aliphatic carbocycles. The van der Waals surface area contributed by atoms with Crippen LogP contribution in [0.1, 0.15) is 35.3 Å². The number of hydrogen-bond acceptors (Lipinski definition) is 12. The SMILES string of the molecule is CSCC[C@H](N)C(=O)O.Nc1nc2ncc(CNc3ccc(C(=O)N[C@@H](CCC(=O)O)C(=O)O)cc3)nc2c(=O)[nH]1. The number of H-pyrrole nitrogens is 1. The first kappa shape index (κ1) is 32.4. The number of carbonyl (C=O) groups excluding carboxylic acids is 1. The molecule has 16 nitrogen and oxygen atoms in total. The molecule has 0 saturated carbocycles. The number of rotatable bonds is 13. The number of aromatic nitrogens is 4. The molecule has 0 aliphatic heterocycles. The second-order valence-corrected chi connectivity index (χ2v) is 9.42. The Kier molecular flexibility index (Phi) is 12.4. The summed E-state index contributed by atoms with van der Waals surface area (Å²) in [5.41, 5.74) is 11.7. The van der Waals surface area contributed by atoms with Crippen LogP contribution in [-0.2, 0) is 20.9 Å². The summed E-state index contributed by atoms with van der Waals surface area (Å²) in [5.74, 6) is -3.26. The number of nitrogens with one attached hydrogen (secondary N) is 3. The summed E-state index contributed by atoms with van der Waals surface area (Å²) >= 11 is 1.60. The first-order valence-corrected chi connectivity index (χ1v) is 13.4. The van der Waals surface area contributed by atoms with Crippen molar-refractivity contribution >= 4 is 58.4 Å². The van der Waals surface area contributed by atoms with E-state index in [1.807, 2.05) is 6.26 Å². The molecule has 0 radical (unpaired) electrons. The van der Waals surface area contributed by atoms with Crippen molar-refractivity contribution in [3.05, 3.63) is 52.1 Å². The molecular weight excluding hydrogens is 560 g/mol. The van der Waals surface area contributed by atoms with Gasteiger partial charge < -0.3 is 37.4 Å². The summed E-state index contributed by atoms with van der Waals surface area (Å²) in [6.45, 7) is 0.231. The fourth-order valence-electron chi connectivity index (χ4n) is 3.12. The largest absolute Gasteiger partial charge is 0.481 e. The molecule has 1 amide bonds. The van der Waals surface area contributed by atoms with Crippen LogP contribution in [0.2, 0.25) is 0 Å². The van der Waals surface area contributed by atoms with Crippen molar-refractivity contribution in [2.45, 2.75) is 37.9 Å². The average molecular weight is 591 g/mol. The number of nitrogens with zero attached hydrogens (tertiary/aromatic N) is 3. The number of benzene rings is 1. The Labute approximate surface area is 237 Å². The Morgan fingerprint density at radius 3 is 2.32 bits per heavy atom. The number of fused-ring (bicyclic) bond motifs is 1. The lowest BCUT2D eigenvalue weighted by atomic mass is 10.1. The van der Waals surface area contributed by atoms with Gasteiger partial charge in [0.05, 0.1) is 18.4 Å². The van der Waals surface area contributed by atoms with E-state index in [9.17, 15) is 24.0 Å². The molecule has 0 spiro atoms. The molecule has 0 unspecified atom stereocenters. The predicted molar refractivity (Wildman–Crippen MR) is 151 cm³/mol. The van der Waals surface area contributed by atoms with Crippen LogP contribution in [0.25, 0.3) is 11.2 Å². The molecule has 10 N–H and O–H groups in total. The maximum absolute atomic E-state index is 12.3. The van der Waals surface area contributed by atoms with E-state index in [0.29, 0.717) is 17.8 Å². The van der Waals surface area contributed by atoms with Gasteiger partial charge in [-0.15, -0.1) is 0 Å². The van der Waals surface area contributed by atoms with Crippen molar-refractivity contribution < 1.29 is 34.5 Å². The zero-order chi connectivity index (χ0) is 30.5. The maximum Gasteiger partial charge on any atom is 0.326 e. The third kappa shape index (κ3) is 10.7. The van der Waals surface area contributed by atoms with E-state index in [2.05, 4.69) is 30.6 Å². The number of hydrogen-bond donors (Lipinski definition) is 8. The molecule has 17 heteroatoms. The van der Waals surface area contributed by atoms with Crippen molar-refractivity contribution in [2.24, 2.45) is 5.73 Å². The highest BCUT2D eigenvalue weighted by Gasteiger charge is 2.21. The molecule has 1 aromatic carbocycles. The third-order valence-corrected chi connectivity index (χ3v) is 5.95. The van der Waals surface area contributed by atoms with Gasteiger partial charge in [-0.1, -0.05) is 0 Å². The second-order valence-electron chi connectivity index (χ2n) is 8.44. The first-order valence-electron chi connectivity index (χ1n) is 12.0. The average Bonchev–Trinajstić information content (AvgIpc) is 2.93. The quantitative estimate of drug-likeness (QED) is 0.131. The topological polar surface area (TPSA) is 277 Å². The molecule has 0 fully saturated rings. The van der Waals surface area contributed by atoms with Crippen LogP contribution < -0.4 is 27.7 Å². The number of carboxylic acid groups (broad SMARTS) is 3. The Balaban J connectivity index is 0.000000564. The highest BCUT2D eigenvalue weighted by Crippen LogP contribution is 2.12. The van der Waals surface area contributed by atoms with Crippen LogP contribution >= 0.6 is 11.8 Å². The normalized spacial score (nSPS) is 12.0. The van der Waals surface area contributed by atoms with E-state index in [4.69, 9.17) is 26.8 Å². The van der Waals surface area contributed by atoms with Gasteiger partial charge in [0.1, 0.15) is 12.1 Å². The van der Waals surface area contributed by atoms with Crippen LogP contribution in [0, 0.1) is 0 Å². The Morgan fingerprint density at radius 1 is 1.05 bits per heavy atom. The minimum Gasteiger partial charge on any atom is -0.481 e. The maximum atomic E-state index is 12.3. The summed E-state index contributed by atoms with van der Waals surface area (Å²) in [7, 11) is 0. The van der Waals surface area contributed by atoms with Gasteiger partial charge in [0.2, 0.25) is 5.95 Å². The van der Waals surface area contributed by atoms with Crippen molar-refractivity contribution in [2.75, 3.05) is 23.1 Å². The van der Waals surface area contributed by atoms with Crippen molar-refractivity contribution in [1.82, 2.24) is 25.3 Å². The van der Waals surface area contributed by atoms with Gasteiger partial charge in [-0.2, -0.15) is 16.7 Å². The number of aromatic amines is 1. The van der Waals surface area contributed by atoms with Gasteiger partial charge in [-0.3, -0.25) is 24.2 Å². The van der Waals surface area contributed by atoms with Crippen molar-refractivity contribution in [1.29, 1.82) is 0 Å². The molecule has 3 rings (SSSR count). The highest BCUT2D eigenvalue weighted by molar-refractivity contribution is 7.98. The predicted octanol–water partition coefficient (Wildman–Crippen LogP) is 0.107. The van der Waals surface area contributed by atoms with E-state index in [1.54, 1.807) is 23.9 Å². The fraction of sp³-hybridized carbons (Fsp3) is 0.333. The number of nitrogen functional groups attached to an aromatic ring is 1. The van der Waals surface area contributed by atoms with Gasteiger partial charge in [0.25, 0.3) is 11.5 Å². The molecule has 0 bridgehead atoms. The van der Waals surface area contributed by atoms with Gasteiger partial charge >= 0.3 is 17.9 Å². The zero-order valence-electron chi connectivity index (χ0n) is 21.9. The van der Waals surface area contributed by atoms with Gasteiger partial charge in [-0.05, 0) is 49.1 Å². The number of carboxylic acids is 3. The van der Waals surface area contributed by atoms with Crippen molar-refractivity contribution in [3.63, 3.8) is 0 Å². The van der Waals surface area contributed by atoms with Gasteiger partial charge in [-0.25, -0.2) is 14.8 Å². The molecule has 2 atom stereocenters. The standard InChI is InChI=1S/C19H19N7O6.C5H11NO2S/c20-19-25-15-14(17(30)26-19)23-11(8-22-15)7-21-10-3-1-9(2-4-10)16(29)24-12(18(31)32)5-6-13(27)28;1-9-3-2-4(6)5(7)8/h1-4,8,12,21H,5-7H2,(H,24,29)(H,27,28)(H,31,32)(H3,20,22,25,26,30);4H,2-3,6H2,1H3,(H,7,8)/t12-;4-/m00/s1. The number of nitrogens with two attached hydrogens (primary N) is 2. The van der Waals surface area contributed by atoms with E-state index >= 15 is 0 Å². The van der Waals surface area contributed by atoms with Crippen LogP contribution in [0.3, 0.4) is 0 Å². The van der Waals surface area contributed by atoms with Crippen LogP contribution in [0.15, 0.2) is 35.3 Å². The molecule has 2 aromatic heterocycles. The lowest BCUT2D eigenvalue weighted by Gasteiger charge is -2.14. The molecule has 2 heterocycles. The Hall–Kier alpha value is -4.77. The highest BCUT2D eigenvalue weighted by atomic mass is 32.2. The molecule has 3 aromatic rings. The van der Waals surface area contributed by atoms with E-state index < -0.39 is 41.5 Å². The molecule has 41 heavy (non-hydrogen) atoms. The van der Waals surface area contributed by atoms with Crippen LogP contribution in [0.5, 0.6) is 0 Å². The lowest BCUT2D eigenvalue weighted by molar-refractivity contribution is -0.141. The molecule has 220 valence electrons. The number of amides is 1. The summed E-state index contributed by atoms with van der Waals surface area (Å²) in [6.07, 6.45) is 3.32. The number of aliphatic carboxylic acids is 3. The van der Waals surface area contributed by atoms with Crippen molar-refractivity contribution in [3.8, 4) is 0 Å². The number of anilines is 2. The minimum atomic E-state index is -1.31. The molecule has 0 aliphatic rings. The lowest BCUT2D eigenvalue weighted by Crippen LogP contribution is -2.41. The summed E-state index contributed by atoms with van der Waals surface area (Å²) < 4.78 is 0. The Bertz CT molecular complexity index is 1430. The first-order chi connectivity index (χ1) is 19.4. The summed E-state index contributed by atoms with van der Waals surface area (Å²) in [4.78, 5) is 70.6. The van der Waals surface area contributed by atoms with Gasteiger partial charge in [0.15, 0.2) is 11.2 Å². The third-order valence-electron chi connectivity index (χ3n) is 5.31. The molecule has 0 saturated heterocycles. The minimum absolute atomic E-state index is 0.0524. The van der Waals surface area contributed by atoms with Gasteiger partial charge in [0, 0.05) is 17.7 Å². The summed E-state index contributed by atoms with van der Waals surface area (Å²) in [5, 5.41) is 31.5.